The summed E-state index contributed by atoms with van der Waals surface area (Å²) in [6, 6.07) is 5.10. The van der Waals surface area contributed by atoms with Crippen molar-refractivity contribution in [1.82, 2.24) is 10.6 Å². The maximum atomic E-state index is 12.1. The van der Waals surface area contributed by atoms with Crippen molar-refractivity contribution >= 4 is 33.6 Å². The van der Waals surface area contributed by atoms with Gasteiger partial charge in [-0.1, -0.05) is 6.07 Å². The lowest BCUT2D eigenvalue weighted by atomic mass is 10.2. The normalized spacial score (nSPS) is 15.0. The summed E-state index contributed by atoms with van der Waals surface area (Å²) < 4.78 is 29.7. The fourth-order valence-electron chi connectivity index (χ4n) is 1.87. The number of sulfonamides is 1. The molecule has 9 nitrogen and oxygen atoms in total. The van der Waals surface area contributed by atoms with Gasteiger partial charge in [0.2, 0.25) is 10.0 Å². The van der Waals surface area contributed by atoms with Crippen LogP contribution in [0.1, 0.15) is 30.1 Å². The topological polar surface area (TPSA) is 131 Å². The van der Waals surface area contributed by atoms with Gasteiger partial charge in [0.05, 0.1) is 11.8 Å². The number of nitrogens with one attached hydrogen (secondary N) is 3. The summed E-state index contributed by atoms with van der Waals surface area (Å²) >= 11 is 0. The lowest BCUT2D eigenvalue weighted by Gasteiger charge is -2.13. The maximum Gasteiger partial charge on any atom is 0.338 e. The molecule has 1 fully saturated rings. The van der Waals surface area contributed by atoms with Crippen LogP contribution in [0.4, 0.5) is 10.5 Å². The van der Waals surface area contributed by atoms with Crippen molar-refractivity contribution in [2.45, 2.75) is 31.9 Å². The average molecular weight is 369 g/mol. The quantitative estimate of drug-likeness (QED) is 0.629. The summed E-state index contributed by atoms with van der Waals surface area (Å²) in [5.41, 5.74) is 0.258. The molecule has 0 bridgehead atoms. The molecule has 0 aromatic heterocycles. The Balaban J connectivity index is 1.92. The van der Waals surface area contributed by atoms with Gasteiger partial charge in [0.1, 0.15) is 0 Å². The van der Waals surface area contributed by atoms with E-state index in [0.717, 1.165) is 19.1 Å². The van der Waals surface area contributed by atoms with Gasteiger partial charge in [-0.25, -0.2) is 18.0 Å². The van der Waals surface area contributed by atoms with E-state index < -0.39 is 34.0 Å². The van der Waals surface area contributed by atoms with Crippen LogP contribution < -0.4 is 15.4 Å². The fourth-order valence-corrected chi connectivity index (χ4v) is 2.42. The summed E-state index contributed by atoms with van der Waals surface area (Å²) in [4.78, 5) is 35.4. The molecule has 3 amide bonds. The molecule has 0 spiro atoms. The zero-order valence-corrected chi connectivity index (χ0v) is 14.6. The second-order valence-corrected chi connectivity index (χ2v) is 7.49. The molecule has 1 aliphatic carbocycles. The van der Waals surface area contributed by atoms with Gasteiger partial charge in [-0.05, 0) is 38.0 Å². The van der Waals surface area contributed by atoms with Crippen LogP contribution in [0.3, 0.4) is 0 Å². The molecular formula is C15H19N3O6S. The highest BCUT2D eigenvalue weighted by Crippen LogP contribution is 2.18. The molecule has 1 aromatic carbocycles. The van der Waals surface area contributed by atoms with Crippen LogP contribution in [0.25, 0.3) is 0 Å². The van der Waals surface area contributed by atoms with Gasteiger partial charge >= 0.3 is 12.0 Å². The summed E-state index contributed by atoms with van der Waals surface area (Å²) in [7, 11) is -3.49. The number of rotatable bonds is 6. The first kappa shape index (κ1) is 18.7. The Bertz CT molecular complexity index is 788. The van der Waals surface area contributed by atoms with Gasteiger partial charge < -0.3 is 10.1 Å². The first-order valence-corrected chi connectivity index (χ1v) is 9.43. The first-order chi connectivity index (χ1) is 11.6. The molecule has 0 unspecified atom stereocenters. The molecule has 3 N–H and O–H groups in total. The van der Waals surface area contributed by atoms with Crippen molar-refractivity contribution in [3.8, 4) is 0 Å². The summed E-state index contributed by atoms with van der Waals surface area (Å²) in [5, 5.41) is 4.67. The number of esters is 1. The highest BCUT2D eigenvalue weighted by atomic mass is 32.2. The zero-order chi connectivity index (χ0) is 18.6. The van der Waals surface area contributed by atoms with Crippen LogP contribution in [0.15, 0.2) is 24.3 Å². The molecule has 1 aliphatic rings. The van der Waals surface area contributed by atoms with Gasteiger partial charge in [0.15, 0.2) is 6.10 Å². The molecule has 0 saturated heterocycles. The lowest BCUT2D eigenvalue weighted by Crippen LogP contribution is -2.45. The minimum absolute atomic E-state index is 0.0655. The van der Waals surface area contributed by atoms with E-state index in [0.29, 0.717) is 0 Å². The molecule has 136 valence electrons. The highest BCUT2D eigenvalue weighted by molar-refractivity contribution is 7.92. The van der Waals surface area contributed by atoms with E-state index in [1.165, 1.54) is 31.2 Å². The van der Waals surface area contributed by atoms with Gasteiger partial charge in [-0.15, -0.1) is 0 Å². The number of carbonyl (C=O) groups excluding carboxylic acids is 3. The third kappa shape index (κ3) is 6.42. The average Bonchev–Trinajstić information content (AvgIpc) is 3.29. The molecule has 2 rings (SSSR count). The largest absolute Gasteiger partial charge is 0.449 e. The third-order valence-electron chi connectivity index (χ3n) is 3.20. The van der Waals surface area contributed by atoms with Crippen molar-refractivity contribution in [3.05, 3.63) is 29.8 Å². The van der Waals surface area contributed by atoms with Gasteiger partial charge in [0, 0.05) is 11.7 Å². The maximum absolute atomic E-state index is 12.1. The lowest BCUT2D eigenvalue weighted by molar-refractivity contribution is -0.127. The van der Waals surface area contributed by atoms with E-state index in [-0.39, 0.29) is 17.3 Å². The second kappa shape index (κ2) is 7.51. The number of imide groups is 1. The molecule has 0 heterocycles. The van der Waals surface area contributed by atoms with Crippen LogP contribution >= 0.6 is 0 Å². The standard InChI is InChI=1S/C15H19N3O6S/c1-9(13(19)17-15(21)16-11-6-7-11)24-14(20)10-4-3-5-12(8-10)18-25(2,22)23/h3-5,8-9,11,18H,6-7H2,1-2H3,(H2,16,17,19,21)/t9-/m0/s1. The Hall–Kier alpha value is -2.62. The third-order valence-corrected chi connectivity index (χ3v) is 3.81. The molecule has 10 heteroatoms. The van der Waals surface area contributed by atoms with Crippen LogP contribution in [-0.2, 0) is 19.6 Å². The first-order valence-electron chi connectivity index (χ1n) is 7.54. The minimum Gasteiger partial charge on any atom is -0.449 e. The number of hydrogen-bond acceptors (Lipinski definition) is 6. The van der Waals surface area contributed by atoms with Crippen molar-refractivity contribution in [1.29, 1.82) is 0 Å². The van der Waals surface area contributed by atoms with Crippen molar-refractivity contribution in [2.24, 2.45) is 0 Å². The van der Waals surface area contributed by atoms with Crippen molar-refractivity contribution in [3.63, 3.8) is 0 Å². The number of benzene rings is 1. The number of carbonyl (C=O) groups is 3. The Morgan fingerprint density at radius 1 is 1.24 bits per heavy atom. The zero-order valence-electron chi connectivity index (χ0n) is 13.7. The van der Waals surface area contributed by atoms with E-state index in [1.807, 2.05) is 0 Å². The number of urea groups is 1. The van der Waals surface area contributed by atoms with Crippen LogP contribution in [0, 0.1) is 0 Å². The van der Waals surface area contributed by atoms with Crippen molar-refractivity contribution < 1.29 is 27.5 Å². The van der Waals surface area contributed by atoms with Gasteiger partial charge in [-0.2, -0.15) is 0 Å². The van der Waals surface area contributed by atoms with E-state index in [9.17, 15) is 22.8 Å². The van der Waals surface area contributed by atoms with Crippen LogP contribution in [0.2, 0.25) is 0 Å². The number of amides is 3. The molecule has 0 radical (unpaired) electrons. The number of hydrogen-bond donors (Lipinski definition) is 3. The molecule has 0 aliphatic heterocycles. The molecule has 1 aromatic rings. The Morgan fingerprint density at radius 3 is 2.52 bits per heavy atom. The van der Waals surface area contributed by atoms with Crippen LogP contribution in [0.5, 0.6) is 0 Å². The van der Waals surface area contributed by atoms with Crippen LogP contribution in [-0.4, -0.2) is 44.7 Å². The highest BCUT2D eigenvalue weighted by Gasteiger charge is 2.26. The van der Waals surface area contributed by atoms with Gasteiger partial charge in [-0.3, -0.25) is 14.8 Å². The minimum atomic E-state index is -3.49. The smallest absolute Gasteiger partial charge is 0.338 e. The summed E-state index contributed by atoms with van der Waals surface area (Å²) in [6.45, 7) is 1.33. The monoisotopic (exact) mass is 369 g/mol. The summed E-state index contributed by atoms with van der Waals surface area (Å²) in [6.07, 6.45) is 1.55. The van der Waals surface area contributed by atoms with E-state index in [1.54, 1.807) is 0 Å². The number of anilines is 1. The Morgan fingerprint density at radius 2 is 1.92 bits per heavy atom. The van der Waals surface area contributed by atoms with E-state index in [2.05, 4.69) is 15.4 Å². The van der Waals surface area contributed by atoms with Crippen molar-refractivity contribution in [2.75, 3.05) is 11.0 Å². The molecular weight excluding hydrogens is 350 g/mol. The van der Waals surface area contributed by atoms with E-state index in [4.69, 9.17) is 4.74 Å². The Labute approximate surface area is 145 Å². The fraction of sp³-hybridized carbons (Fsp3) is 0.400. The van der Waals surface area contributed by atoms with Gasteiger partial charge in [0.25, 0.3) is 5.91 Å². The predicted molar refractivity (Wildman–Crippen MR) is 89.5 cm³/mol. The number of ether oxygens (including phenoxy) is 1. The second-order valence-electron chi connectivity index (χ2n) is 5.74. The van der Waals surface area contributed by atoms with E-state index >= 15 is 0 Å². The molecule has 1 atom stereocenters. The molecule has 1 saturated carbocycles. The molecule has 25 heavy (non-hydrogen) atoms. The summed E-state index contributed by atoms with van der Waals surface area (Å²) in [5.74, 6) is -1.57. The SMILES string of the molecule is C[C@H](OC(=O)c1cccc(NS(C)(=O)=O)c1)C(=O)NC(=O)NC1CC1. The predicted octanol–water partition coefficient (Wildman–Crippen LogP) is 0.592. The Kier molecular flexibility index (Phi) is 5.62.